The van der Waals surface area contributed by atoms with Gasteiger partial charge in [0.25, 0.3) is 0 Å². The van der Waals surface area contributed by atoms with Crippen molar-refractivity contribution in [2.24, 2.45) is 0 Å². The maximum Gasteiger partial charge on any atom is 0.220 e. The molecule has 0 radical (unpaired) electrons. The van der Waals surface area contributed by atoms with Gasteiger partial charge in [-0.2, -0.15) is 0 Å². The van der Waals surface area contributed by atoms with Crippen molar-refractivity contribution in [1.82, 2.24) is 5.32 Å². The number of rotatable bonds is 53. The minimum atomic E-state index is -1.16. The van der Waals surface area contributed by atoms with E-state index in [1.54, 1.807) is 0 Å². The highest BCUT2D eigenvalue weighted by molar-refractivity contribution is 5.76. The van der Waals surface area contributed by atoms with E-state index in [4.69, 9.17) is 0 Å². The summed E-state index contributed by atoms with van der Waals surface area (Å²) in [4.78, 5) is 12.5. The summed E-state index contributed by atoms with van der Waals surface area (Å²) in [7, 11) is 0. The molecule has 63 heavy (non-hydrogen) atoms. The number of nitrogens with one attached hydrogen (secondary N) is 1. The molecule has 0 bridgehead atoms. The highest BCUT2D eigenvalue weighted by Gasteiger charge is 2.26. The number of hydrogen-bond acceptors (Lipinski definition) is 4. The van der Waals surface area contributed by atoms with Gasteiger partial charge in [0.15, 0.2) is 0 Å². The third-order valence-corrected chi connectivity index (χ3v) is 13.5. The minimum absolute atomic E-state index is 0.152. The zero-order valence-electron chi connectivity index (χ0n) is 42.7. The summed E-state index contributed by atoms with van der Waals surface area (Å²) in [6, 6.07) is -0.830. The zero-order chi connectivity index (χ0) is 45.8. The average molecular weight is 889 g/mol. The van der Waals surface area contributed by atoms with Crippen LogP contribution in [0, 0.1) is 0 Å². The first-order valence-electron chi connectivity index (χ1n) is 28.6. The molecule has 0 spiro atoms. The summed E-state index contributed by atoms with van der Waals surface area (Å²) < 4.78 is 0. The Balaban J connectivity index is 3.55. The molecule has 0 aromatic heterocycles. The summed E-state index contributed by atoms with van der Waals surface area (Å²) in [5, 5.41) is 33.7. The van der Waals surface area contributed by atoms with Crippen molar-refractivity contribution in [3.63, 3.8) is 0 Å². The van der Waals surface area contributed by atoms with Gasteiger partial charge < -0.3 is 20.6 Å². The third kappa shape index (κ3) is 48.6. The van der Waals surface area contributed by atoms with Crippen LogP contribution >= 0.6 is 0 Å². The van der Waals surface area contributed by atoms with Gasteiger partial charge in [-0.1, -0.05) is 282 Å². The number of allylic oxidation sites excluding steroid dienone is 4. The predicted octanol–water partition coefficient (Wildman–Crippen LogP) is 17.7. The van der Waals surface area contributed by atoms with E-state index in [1.165, 1.54) is 244 Å². The molecule has 0 fully saturated rings. The van der Waals surface area contributed by atoms with E-state index in [-0.39, 0.29) is 12.5 Å². The van der Waals surface area contributed by atoms with Crippen LogP contribution in [0.15, 0.2) is 24.3 Å². The predicted molar refractivity (Wildman–Crippen MR) is 278 cm³/mol. The molecule has 0 saturated carbocycles. The first-order chi connectivity index (χ1) is 31.1. The van der Waals surface area contributed by atoms with Crippen molar-refractivity contribution in [2.45, 2.75) is 334 Å². The second-order valence-corrected chi connectivity index (χ2v) is 19.8. The van der Waals surface area contributed by atoms with E-state index in [0.29, 0.717) is 12.8 Å². The van der Waals surface area contributed by atoms with Crippen molar-refractivity contribution in [1.29, 1.82) is 0 Å². The highest BCUT2D eigenvalue weighted by atomic mass is 16.3. The van der Waals surface area contributed by atoms with E-state index in [0.717, 1.165) is 44.9 Å². The fraction of sp³-hybridized carbons (Fsp3) is 0.914. The summed E-state index contributed by atoms with van der Waals surface area (Å²) in [6.07, 6.45) is 67.7. The number of unbranched alkanes of at least 4 members (excludes halogenated alkanes) is 41. The van der Waals surface area contributed by atoms with E-state index in [2.05, 4.69) is 43.5 Å². The summed E-state index contributed by atoms with van der Waals surface area (Å²) in [5.74, 6) is -0.152. The molecule has 0 rings (SSSR count). The lowest BCUT2D eigenvalue weighted by Gasteiger charge is -2.26. The van der Waals surface area contributed by atoms with Crippen LogP contribution in [-0.4, -0.2) is 46.1 Å². The van der Waals surface area contributed by atoms with E-state index < -0.39 is 18.2 Å². The fourth-order valence-electron chi connectivity index (χ4n) is 9.12. The van der Waals surface area contributed by atoms with Gasteiger partial charge in [0.05, 0.1) is 18.8 Å². The molecule has 5 nitrogen and oxygen atoms in total. The van der Waals surface area contributed by atoms with Crippen LogP contribution in [0.1, 0.15) is 316 Å². The first-order valence-corrected chi connectivity index (χ1v) is 28.6. The Morgan fingerprint density at radius 2 is 0.651 bits per heavy atom. The Morgan fingerprint density at radius 1 is 0.381 bits per heavy atom. The number of aliphatic hydroxyl groups excluding tert-OH is 3. The summed E-state index contributed by atoms with van der Waals surface area (Å²) >= 11 is 0. The third-order valence-electron chi connectivity index (χ3n) is 13.5. The van der Waals surface area contributed by atoms with Gasteiger partial charge in [0, 0.05) is 6.42 Å². The molecule has 0 aliphatic rings. The number of aliphatic hydroxyl groups is 3. The van der Waals surface area contributed by atoms with Gasteiger partial charge in [-0.25, -0.2) is 0 Å². The van der Waals surface area contributed by atoms with Gasteiger partial charge >= 0.3 is 0 Å². The lowest BCUT2D eigenvalue weighted by atomic mass is 10.0. The second-order valence-electron chi connectivity index (χ2n) is 19.8. The Bertz CT molecular complexity index is 936. The zero-order valence-corrected chi connectivity index (χ0v) is 42.7. The van der Waals surface area contributed by atoms with Crippen LogP contribution in [0.3, 0.4) is 0 Å². The Morgan fingerprint density at radius 3 is 0.968 bits per heavy atom. The van der Waals surface area contributed by atoms with Crippen molar-refractivity contribution in [2.75, 3.05) is 6.61 Å². The van der Waals surface area contributed by atoms with E-state index >= 15 is 0 Å². The molecule has 0 aliphatic carbocycles. The first kappa shape index (κ1) is 61.8. The minimum Gasteiger partial charge on any atom is -0.394 e. The van der Waals surface area contributed by atoms with Gasteiger partial charge in [-0.05, 0) is 51.4 Å². The molecule has 0 aliphatic heterocycles. The average Bonchev–Trinajstić information content (AvgIpc) is 3.29. The van der Waals surface area contributed by atoms with Gasteiger partial charge in [-0.15, -0.1) is 0 Å². The van der Waals surface area contributed by atoms with Crippen LogP contribution < -0.4 is 5.32 Å². The molecule has 0 aromatic carbocycles. The van der Waals surface area contributed by atoms with Crippen LogP contribution in [0.4, 0.5) is 0 Å². The molecular formula is C58H113NO4. The lowest BCUT2D eigenvalue weighted by molar-refractivity contribution is -0.124. The monoisotopic (exact) mass is 888 g/mol. The smallest absolute Gasteiger partial charge is 0.220 e. The van der Waals surface area contributed by atoms with Crippen molar-refractivity contribution in [3.05, 3.63) is 24.3 Å². The van der Waals surface area contributed by atoms with E-state index in [9.17, 15) is 20.1 Å². The normalized spacial score (nSPS) is 13.4. The fourth-order valence-corrected chi connectivity index (χ4v) is 9.12. The van der Waals surface area contributed by atoms with Crippen LogP contribution in [-0.2, 0) is 4.79 Å². The maximum atomic E-state index is 12.5. The molecule has 4 N–H and O–H groups in total. The lowest BCUT2D eigenvalue weighted by Crippen LogP contribution is -2.50. The Hall–Kier alpha value is -1.17. The SMILES string of the molecule is CCCCCCCCCCCCCC/C=C/CC/C=C/CCCC(O)C(O)C(CO)NC(=O)CCCCCCCCCCCCCCCCCCCCCCCCCCCCCC. The number of carbonyl (C=O) groups is 1. The Labute approximate surface area is 394 Å². The summed E-state index contributed by atoms with van der Waals surface area (Å²) in [5.41, 5.74) is 0. The van der Waals surface area contributed by atoms with Crippen LogP contribution in [0.25, 0.3) is 0 Å². The summed E-state index contributed by atoms with van der Waals surface area (Å²) in [6.45, 7) is 4.20. The maximum absolute atomic E-state index is 12.5. The highest BCUT2D eigenvalue weighted by Crippen LogP contribution is 2.18. The second kappa shape index (κ2) is 53.4. The van der Waals surface area contributed by atoms with Crippen molar-refractivity contribution in [3.8, 4) is 0 Å². The molecular weight excluding hydrogens is 775 g/mol. The van der Waals surface area contributed by atoms with Gasteiger partial charge in [-0.3, -0.25) is 4.79 Å². The molecule has 374 valence electrons. The van der Waals surface area contributed by atoms with Crippen LogP contribution in [0.2, 0.25) is 0 Å². The molecule has 3 atom stereocenters. The molecule has 0 heterocycles. The van der Waals surface area contributed by atoms with E-state index in [1.807, 2.05) is 0 Å². The van der Waals surface area contributed by atoms with Crippen molar-refractivity contribution >= 4 is 5.91 Å². The standard InChI is InChI=1S/C58H113NO4/c1-3-5-7-9-11-13-15-17-19-21-23-25-26-27-28-29-30-31-33-35-37-39-41-43-45-47-49-51-53-57(62)59-55(54-60)58(63)56(61)52-50-48-46-44-42-40-38-36-34-32-24-22-20-18-16-14-12-10-8-6-4-2/h36,38,44,46,55-56,58,60-61,63H,3-35,37,39-43,45,47-54H2,1-2H3,(H,59,62)/b38-36+,46-44+. The number of hydrogen-bond donors (Lipinski definition) is 4. The molecule has 5 heteroatoms. The number of amides is 1. The van der Waals surface area contributed by atoms with Crippen molar-refractivity contribution < 1.29 is 20.1 Å². The quantitative estimate of drug-likeness (QED) is 0.0362. The molecule has 3 unspecified atom stereocenters. The molecule has 0 saturated heterocycles. The van der Waals surface area contributed by atoms with Gasteiger partial charge in [0.1, 0.15) is 6.10 Å². The Kier molecular flexibility index (Phi) is 52.5. The van der Waals surface area contributed by atoms with Crippen LogP contribution in [0.5, 0.6) is 0 Å². The van der Waals surface area contributed by atoms with Gasteiger partial charge in [0.2, 0.25) is 5.91 Å². The largest absolute Gasteiger partial charge is 0.394 e. The topological polar surface area (TPSA) is 89.8 Å². The number of carbonyl (C=O) groups excluding carboxylic acids is 1. The molecule has 1 amide bonds. The molecule has 0 aromatic rings.